The van der Waals surface area contributed by atoms with E-state index in [1.54, 1.807) is 31.8 Å². The van der Waals surface area contributed by atoms with Crippen molar-refractivity contribution in [2.24, 2.45) is 10.8 Å². The molecule has 0 saturated heterocycles. The fourth-order valence-electron chi connectivity index (χ4n) is 5.78. The molecule has 182 valence electrons. The number of aromatic nitrogens is 2. The normalized spacial score (nSPS) is 14.9. The molecule has 2 aromatic carbocycles. The molecule has 0 fully saturated rings. The Labute approximate surface area is 211 Å². The van der Waals surface area contributed by atoms with Gasteiger partial charge in [0.2, 0.25) is 0 Å². The van der Waals surface area contributed by atoms with Crippen LogP contribution in [0.15, 0.2) is 85.3 Å². The van der Waals surface area contributed by atoms with Crippen molar-refractivity contribution in [3.05, 3.63) is 102 Å². The van der Waals surface area contributed by atoms with Gasteiger partial charge in [-0.25, -0.2) is 0 Å². The lowest BCUT2D eigenvalue weighted by molar-refractivity contribution is -0.151. The molecular weight excluding hydrogens is 450 g/mol. The molecule has 1 N–H and O–H groups in total. The number of para-hydroxylation sites is 2. The second kappa shape index (κ2) is 9.43. The second-order valence-corrected chi connectivity index (χ2v) is 9.94. The smallest absolute Gasteiger partial charge is 0.325 e. The molecule has 4 rings (SSSR count). The van der Waals surface area contributed by atoms with E-state index in [0.717, 1.165) is 10.9 Å². The first-order chi connectivity index (χ1) is 17.2. The zero-order valence-corrected chi connectivity index (χ0v) is 20.9. The van der Waals surface area contributed by atoms with Crippen LogP contribution in [0.2, 0.25) is 0 Å². The fraction of sp³-hybridized carbons (Fsp3) is 0.267. The first-order valence-corrected chi connectivity index (χ1v) is 11.7. The molecular formula is C30H29N3O3. The van der Waals surface area contributed by atoms with Gasteiger partial charge in [-0.2, -0.15) is 5.26 Å². The molecule has 4 aromatic rings. The van der Waals surface area contributed by atoms with Crippen LogP contribution in [0.4, 0.5) is 0 Å². The zero-order chi connectivity index (χ0) is 26.0. The molecule has 2 aromatic heterocycles. The average molecular weight is 480 g/mol. The van der Waals surface area contributed by atoms with Crippen LogP contribution in [0.25, 0.3) is 10.9 Å². The van der Waals surface area contributed by atoms with E-state index in [1.807, 2.05) is 81.4 Å². The van der Waals surface area contributed by atoms with Gasteiger partial charge in [0.25, 0.3) is 0 Å². The molecule has 2 heterocycles. The standard InChI is InChI=1S/C30H29N3O3/c1-28(2,3)30(24-12-6-8-14-26(24)36-4,23-15-17-33-25-13-7-5-11-22(23)25)29(20-31,27(34)35)18-21-10-9-16-32-19-21/h5-17,19H,18H2,1-4H3,(H,34,35). The molecule has 6 nitrogen and oxygen atoms in total. The van der Waals surface area contributed by atoms with Crippen LogP contribution in [0, 0.1) is 22.2 Å². The van der Waals surface area contributed by atoms with E-state index in [-0.39, 0.29) is 6.42 Å². The number of ether oxygens (including phenoxy) is 1. The molecule has 0 radical (unpaired) electrons. The molecule has 0 spiro atoms. The van der Waals surface area contributed by atoms with Gasteiger partial charge in [0.15, 0.2) is 5.41 Å². The SMILES string of the molecule is COc1ccccc1C(c1ccnc2ccccc12)(C(C)(C)C)C(C#N)(Cc1cccnc1)C(=O)O. The first-order valence-electron chi connectivity index (χ1n) is 11.7. The molecule has 36 heavy (non-hydrogen) atoms. The van der Waals surface area contributed by atoms with E-state index >= 15 is 0 Å². The van der Waals surface area contributed by atoms with Gasteiger partial charge in [0.05, 0.1) is 24.1 Å². The number of nitriles is 1. The summed E-state index contributed by atoms with van der Waals surface area (Å²) < 4.78 is 5.82. The molecule has 0 aliphatic rings. The minimum atomic E-state index is -1.94. The summed E-state index contributed by atoms with van der Waals surface area (Å²) >= 11 is 0. The molecule has 0 saturated carbocycles. The summed E-state index contributed by atoms with van der Waals surface area (Å²) in [7, 11) is 1.56. The average Bonchev–Trinajstić information content (AvgIpc) is 2.88. The molecule has 0 aliphatic heterocycles. The summed E-state index contributed by atoms with van der Waals surface area (Å²) in [5, 5.41) is 22.8. The van der Waals surface area contributed by atoms with Crippen molar-refractivity contribution < 1.29 is 14.6 Å². The van der Waals surface area contributed by atoms with Crippen LogP contribution in [-0.2, 0) is 16.6 Å². The Bertz CT molecular complexity index is 1430. The Morgan fingerprint density at radius 3 is 2.33 bits per heavy atom. The van der Waals surface area contributed by atoms with Gasteiger partial charge in [-0.3, -0.25) is 14.8 Å². The topological polar surface area (TPSA) is 96.1 Å². The number of benzene rings is 2. The van der Waals surface area contributed by atoms with Gasteiger partial charge in [-0.05, 0) is 40.8 Å². The predicted octanol–water partition coefficient (Wildman–Crippen LogP) is 5.81. The number of carbonyl (C=O) groups is 1. The van der Waals surface area contributed by atoms with Gasteiger partial charge in [0.1, 0.15) is 5.75 Å². The van der Waals surface area contributed by atoms with Crippen LogP contribution < -0.4 is 4.74 Å². The van der Waals surface area contributed by atoms with E-state index in [1.165, 1.54) is 0 Å². The maximum Gasteiger partial charge on any atom is 0.325 e. The monoisotopic (exact) mass is 479 g/mol. The molecule has 6 heteroatoms. The van der Waals surface area contributed by atoms with Crippen LogP contribution in [-0.4, -0.2) is 28.2 Å². The highest BCUT2D eigenvalue weighted by Gasteiger charge is 2.66. The summed E-state index contributed by atoms with van der Waals surface area (Å²) in [4.78, 5) is 22.3. The number of hydrogen-bond donors (Lipinski definition) is 1. The Balaban J connectivity index is 2.28. The number of rotatable bonds is 7. The van der Waals surface area contributed by atoms with E-state index in [9.17, 15) is 15.2 Å². The van der Waals surface area contributed by atoms with E-state index in [0.29, 0.717) is 22.4 Å². The predicted molar refractivity (Wildman–Crippen MR) is 139 cm³/mol. The van der Waals surface area contributed by atoms with Crippen LogP contribution in [0.3, 0.4) is 0 Å². The lowest BCUT2D eigenvalue weighted by Crippen LogP contribution is -2.59. The Morgan fingerprint density at radius 1 is 0.972 bits per heavy atom. The molecule has 0 aliphatic carbocycles. The Kier molecular flexibility index (Phi) is 6.51. The van der Waals surface area contributed by atoms with Gasteiger partial charge in [0, 0.05) is 36.0 Å². The number of pyridine rings is 2. The number of hydrogen-bond acceptors (Lipinski definition) is 5. The Hall–Kier alpha value is -4.24. The van der Waals surface area contributed by atoms with Gasteiger partial charge in [-0.15, -0.1) is 0 Å². The van der Waals surface area contributed by atoms with Crippen molar-refractivity contribution in [3.63, 3.8) is 0 Å². The number of nitrogens with zero attached hydrogens (tertiary/aromatic N) is 3. The van der Waals surface area contributed by atoms with E-state index in [4.69, 9.17) is 4.74 Å². The number of fused-ring (bicyclic) bond motifs is 1. The van der Waals surface area contributed by atoms with E-state index in [2.05, 4.69) is 16.0 Å². The van der Waals surface area contributed by atoms with Gasteiger partial charge in [-0.1, -0.05) is 63.2 Å². The summed E-state index contributed by atoms with van der Waals surface area (Å²) in [6.07, 6.45) is 4.88. The molecule has 0 amide bonds. The van der Waals surface area contributed by atoms with Crippen LogP contribution in [0.1, 0.15) is 37.5 Å². The highest BCUT2D eigenvalue weighted by atomic mass is 16.5. The summed E-state index contributed by atoms with van der Waals surface area (Å²) in [6, 6.07) is 22.7. The van der Waals surface area contributed by atoms with Crippen molar-refractivity contribution in [1.29, 1.82) is 5.26 Å². The number of methoxy groups -OCH3 is 1. The van der Waals surface area contributed by atoms with Crippen molar-refractivity contribution in [1.82, 2.24) is 9.97 Å². The maximum atomic E-state index is 13.5. The van der Waals surface area contributed by atoms with Crippen LogP contribution >= 0.6 is 0 Å². The third-order valence-corrected chi connectivity index (χ3v) is 7.08. The van der Waals surface area contributed by atoms with Crippen LogP contribution in [0.5, 0.6) is 5.75 Å². The highest BCUT2D eigenvalue weighted by molar-refractivity contribution is 5.89. The number of aliphatic carboxylic acids is 1. The number of carboxylic acid groups (broad SMARTS) is 1. The molecule has 2 atom stereocenters. The van der Waals surface area contributed by atoms with Gasteiger partial charge >= 0.3 is 5.97 Å². The zero-order valence-electron chi connectivity index (χ0n) is 20.9. The summed E-state index contributed by atoms with van der Waals surface area (Å²) in [6.45, 7) is 5.94. The van der Waals surface area contributed by atoms with E-state index < -0.39 is 22.2 Å². The lowest BCUT2D eigenvalue weighted by Gasteiger charge is -2.53. The summed E-state index contributed by atoms with van der Waals surface area (Å²) in [5.74, 6) is -0.698. The van der Waals surface area contributed by atoms with Crippen molar-refractivity contribution in [3.8, 4) is 11.8 Å². The third kappa shape index (κ3) is 3.68. The van der Waals surface area contributed by atoms with Crippen molar-refractivity contribution >= 4 is 16.9 Å². The maximum absolute atomic E-state index is 13.5. The summed E-state index contributed by atoms with van der Waals surface area (Å²) in [5.41, 5.74) is -1.37. The number of carboxylic acids is 1. The largest absolute Gasteiger partial charge is 0.496 e. The molecule has 0 bridgehead atoms. The lowest BCUT2D eigenvalue weighted by atomic mass is 9.45. The molecule has 2 unspecified atom stereocenters. The minimum absolute atomic E-state index is 0.0569. The third-order valence-electron chi connectivity index (χ3n) is 7.08. The second-order valence-electron chi connectivity index (χ2n) is 9.94. The quantitative estimate of drug-likeness (QED) is 0.359. The minimum Gasteiger partial charge on any atom is -0.496 e. The Morgan fingerprint density at radius 2 is 1.69 bits per heavy atom. The highest BCUT2D eigenvalue weighted by Crippen LogP contribution is 2.61. The van der Waals surface area contributed by atoms with Crippen molar-refractivity contribution in [2.45, 2.75) is 32.6 Å². The van der Waals surface area contributed by atoms with Gasteiger partial charge < -0.3 is 9.84 Å². The fourth-order valence-corrected chi connectivity index (χ4v) is 5.78. The van der Waals surface area contributed by atoms with Crippen molar-refractivity contribution in [2.75, 3.05) is 7.11 Å². The first kappa shape index (κ1) is 24.9.